The number of hydrogen-bond donors (Lipinski definition) is 2. The number of methoxy groups -OCH3 is 1. The fourth-order valence-electron chi connectivity index (χ4n) is 1.79. The Morgan fingerprint density at radius 3 is 2.71 bits per heavy atom. The van der Waals surface area contributed by atoms with Crippen LogP contribution in [0.3, 0.4) is 0 Å². The molecule has 0 bridgehead atoms. The lowest BCUT2D eigenvalue weighted by molar-refractivity contribution is -0.120. The molecule has 0 heterocycles. The van der Waals surface area contributed by atoms with E-state index in [1.165, 1.54) is 19.1 Å². The number of nitrogens with two attached hydrogens (primary N) is 1. The summed E-state index contributed by atoms with van der Waals surface area (Å²) in [6, 6.07) is 4.74. The van der Waals surface area contributed by atoms with Gasteiger partial charge in [0.05, 0.1) is 10.6 Å². The van der Waals surface area contributed by atoms with E-state index in [4.69, 9.17) is 10.5 Å². The molecule has 7 heteroatoms. The van der Waals surface area contributed by atoms with Crippen molar-refractivity contribution in [2.24, 2.45) is 0 Å². The van der Waals surface area contributed by atoms with Crippen LogP contribution in [0.25, 0.3) is 0 Å². The van der Waals surface area contributed by atoms with Crippen LogP contribution in [0.4, 0.5) is 5.69 Å². The fourth-order valence-corrected chi connectivity index (χ4v) is 3.28. The Hall–Kier alpha value is -1.60. The Labute approximate surface area is 125 Å². The Bertz CT molecular complexity index is 599. The Kier molecular flexibility index (Phi) is 6.17. The number of rotatable bonds is 7. The van der Waals surface area contributed by atoms with Crippen LogP contribution < -0.4 is 11.1 Å². The molecule has 118 valence electrons. The fraction of sp³-hybridized carbons (Fsp3) is 0.500. The Morgan fingerprint density at radius 2 is 2.10 bits per heavy atom. The first-order valence-corrected chi connectivity index (χ1v) is 8.22. The molecule has 6 nitrogen and oxygen atoms in total. The molecule has 1 aromatic rings. The third-order valence-corrected chi connectivity index (χ3v) is 5.25. The number of anilines is 1. The minimum atomic E-state index is -3.80. The SMILES string of the molecule is COCCCNC(=O)C(C)S(=O)(=O)c1cc(C)ccc1N. The van der Waals surface area contributed by atoms with Crippen LogP contribution >= 0.6 is 0 Å². The molecule has 0 saturated carbocycles. The molecule has 0 aliphatic rings. The van der Waals surface area contributed by atoms with Gasteiger partial charge in [-0.25, -0.2) is 8.42 Å². The van der Waals surface area contributed by atoms with Crippen molar-refractivity contribution in [1.82, 2.24) is 5.32 Å². The summed E-state index contributed by atoms with van der Waals surface area (Å²) in [5, 5.41) is 1.40. The molecule has 0 radical (unpaired) electrons. The first-order chi connectivity index (χ1) is 9.80. The van der Waals surface area contributed by atoms with Gasteiger partial charge in [0.15, 0.2) is 9.84 Å². The molecule has 0 aliphatic heterocycles. The maximum atomic E-state index is 12.5. The molecular formula is C14H22N2O4S. The van der Waals surface area contributed by atoms with Crippen LogP contribution in [0.1, 0.15) is 18.9 Å². The predicted molar refractivity (Wildman–Crippen MR) is 81.7 cm³/mol. The lowest BCUT2D eigenvalue weighted by atomic mass is 10.2. The van der Waals surface area contributed by atoms with E-state index in [2.05, 4.69) is 5.32 Å². The molecule has 21 heavy (non-hydrogen) atoms. The van der Waals surface area contributed by atoms with Gasteiger partial charge in [-0.05, 0) is 38.0 Å². The van der Waals surface area contributed by atoms with Crippen molar-refractivity contribution in [1.29, 1.82) is 0 Å². The van der Waals surface area contributed by atoms with E-state index in [0.717, 1.165) is 5.56 Å². The monoisotopic (exact) mass is 314 g/mol. The largest absolute Gasteiger partial charge is 0.398 e. The minimum absolute atomic E-state index is 0.00189. The quantitative estimate of drug-likeness (QED) is 0.575. The predicted octanol–water partition coefficient (Wildman–Crippen LogP) is 0.892. The molecule has 1 aromatic carbocycles. The molecule has 0 aliphatic carbocycles. The van der Waals surface area contributed by atoms with Crippen LogP contribution in [0.15, 0.2) is 23.1 Å². The highest BCUT2D eigenvalue weighted by Crippen LogP contribution is 2.24. The highest BCUT2D eigenvalue weighted by Gasteiger charge is 2.31. The van der Waals surface area contributed by atoms with E-state index in [1.54, 1.807) is 20.1 Å². The molecule has 3 N–H and O–H groups in total. The first kappa shape index (κ1) is 17.5. The van der Waals surface area contributed by atoms with Gasteiger partial charge < -0.3 is 15.8 Å². The van der Waals surface area contributed by atoms with Crippen LogP contribution in [-0.4, -0.2) is 39.8 Å². The number of nitrogens with one attached hydrogen (secondary N) is 1. The first-order valence-electron chi connectivity index (χ1n) is 6.67. The number of carbonyl (C=O) groups is 1. The number of ether oxygens (including phenoxy) is 1. The number of sulfone groups is 1. The number of nitrogen functional groups attached to an aromatic ring is 1. The zero-order valence-corrected chi connectivity index (χ0v) is 13.4. The molecule has 1 atom stereocenters. The molecular weight excluding hydrogens is 292 g/mol. The summed E-state index contributed by atoms with van der Waals surface area (Å²) in [6.07, 6.45) is 0.627. The van der Waals surface area contributed by atoms with E-state index in [0.29, 0.717) is 19.6 Å². The van der Waals surface area contributed by atoms with Gasteiger partial charge in [-0.1, -0.05) is 6.07 Å². The van der Waals surface area contributed by atoms with Crippen molar-refractivity contribution in [3.63, 3.8) is 0 Å². The van der Waals surface area contributed by atoms with Crippen LogP contribution in [-0.2, 0) is 19.4 Å². The van der Waals surface area contributed by atoms with Crippen molar-refractivity contribution in [3.8, 4) is 0 Å². The summed E-state index contributed by atoms with van der Waals surface area (Å²) >= 11 is 0. The highest BCUT2D eigenvalue weighted by molar-refractivity contribution is 7.93. The molecule has 1 rings (SSSR count). The van der Waals surface area contributed by atoms with Crippen molar-refractivity contribution >= 4 is 21.4 Å². The van der Waals surface area contributed by atoms with E-state index in [1.807, 2.05) is 0 Å². The topological polar surface area (TPSA) is 98.5 Å². The smallest absolute Gasteiger partial charge is 0.238 e. The summed E-state index contributed by atoms with van der Waals surface area (Å²) in [5.41, 5.74) is 6.65. The van der Waals surface area contributed by atoms with Gasteiger partial charge >= 0.3 is 0 Å². The average molecular weight is 314 g/mol. The summed E-state index contributed by atoms with van der Waals surface area (Å²) in [4.78, 5) is 12.0. The number of aryl methyl sites for hydroxylation is 1. The third-order valence-electron chi connectivity index (χ3n) is 3.13. The zero-order valence-electron chi connectivity index (χ0n) is 12.5. The molecule has 0 saturated heterocycles. The van der Waals surface area contributed by atoms with Gasteiger partial charge in [-0.2, -0.15) is 0 Å². The van der Waals surface area contributed by atoms with E-state index in [-0.39, 0.29) is 10.6 Å². The molecule has 0 aromatic heterocycles. The van der Waals surface area contributed by atoms with Crippen molar-refractivity contribution in [3.05, 3.63) is 23.8 Å². The second-order valence-corrected chi connectivity index (χ2v) is 7.10. The summed E-state index contributed by atoms with van der Waals surface area (Å²) in [7, 11) is -2.24. The standard InChI is InChI=1S/C14H22N2O4S/c1-10-5-6-12(15)13(9-10)21(18,19)11(2)14(17)16-7-4-8-20-3/h5-6,9,11H,4,7-8,15H2,1-3H3,(H,16,17). The summed E-state index contributed by atoms with van der Waals surface area (Å²) in [6.45, 7) is 4.01. The van der Waals surface area contributed by atoms with Crippen molar-refractivity contribution < 1.29 is 17.9 Å². The minimum Gasteiger partial charge on any atom is -0.398 e. The number of hydrogen-bond acceptors (Lipinski definition) is 5. The number of carbonyl (C=O) groups excluding carboxylic acids is 1. The third kappa shape index (κ3) is 4.44. The maximum Gasteiger partial charge on any atom is 0.238 e. The Morgan fingerprint density at radius 1 is 1.43 bits per heavy atom. The second kappa shape index (κ2) is 7.42. The molecule has 0 fully saturated rings. The highest BCUT2D eigenvalue weighted by atomic mass is 32.2. The molecule has 1 unspecified atom stereocenters. The molecule has 1 amide bonds. The average Bonchev–Trinajstić information content (AvgIpc) is 2.45. The van der Waals surface area contributed by atoms with E-state index >= 15 is 0 Å². The molecule has 0 spiro atoms. The zero-order chi connectivity index (χ0) is 16.0. The van der Waals surface area contributed by atoms with Gasteiger partial charge in [0.1, 0.15) is 5.25 Å². The van der Waals surface area contributed by atoms with E-state index in [9.17, 15) is 13.2 Å². The van der Waals surface area contributed by atoms with Gasteiger partial charge in [-0.3, -0.25) is 4.79 Å². The summed E-state index contributed by atoms with van der Waals surface area (Å²) in [5.74, 6) is -0.535. The normalized spacial score (nSPS) is 12.9. The van der Waals surface area contributed by atoms with Gasteiger partial charge in [0.2, 0.25) is 5.91 Å². The Balaban J connectivity index is 2.86. The van der Waals surface area contributed by atoms with Gasteiger partial charge in [0, 0.05) is 20.3 Å². The van der Waals surface area contributed by atoms with Crippen molar-refractivity contribution in [2.75, 3.05) is 26.0 Å². The van der Waals surface area contributed by atoms with Crippen LogP contribution in [0.5, 0.6) is 0 Å². The van der Waals surface area contributed by atoms with Crippen molar-refractivity contribution in [2.45, 2.75) is 30.4 Å². The van der Waals surface area contributed by atoms with Gasteiger partial charge in [-0.15, -0.1) is 0 Å². The summed E-state index contributed by atoms with van der Waals surface area (Å²) < 4.78 is 29.8. The number of amides is 1. The van der Waals surface area contributed by atoms with Crippen LogP contribution in [0.2, 0.25) is 0 Å². The van der Waals surface area contributed by atoms with E-state index < -0.39 is 21.0 Å². The second-order valence-electron chi connectivity index (χ2n) is 4.87. The van der Waals surface area contributed by atoms with Crippen LogP contribution in [0, 0.1) is 6.92 Å². The maximum absolute atomic E-state index is 12.5. The van der Waals surface area contributed by atoms with Gasteiger partial charge in [0.25, 0.3) is 0 Å². The lowest BCUT2D eigenvalue weighted by Gasteiger charge is -2.15. The number of benzene rings is 1. The lowest BCUT2D eigenvalue weighted by Crippen LogP contribution is -2.38.